The molecule has 0 radical (unpaired) electrons. The van der Waals surface area contributed by atoms with Crippen molar-refractivity contribution in [3.05, 3.63) is 0 Å². The molecule has 4 N–H and O–H groups in total. The van der Waals surface area contributed by atoms with E-state index in [0.29, 0.717) is 39.0 Å². The monoisotopic (exact) mass is 367 g/mol. The second kappa shape index (κ2) is 15.4. The fourth-order valence-electron chi connectivity index (χ4n) is 2.39. The number of ether oxygens (including phenoxy) is 1. The second-order valence-corrected chi connectivity index (χ2v) is 6.51. The Morgan fingerprint density at radius 1 is 1.12 bits per heavy atom. The molecule has 0 rings (SSSR count). The van der Waals surface area contributed by atoms with Gasteiger partial charge in [0.15, 0.2) is 0 Å². The third-order valence-electron chi connectivity index (χ3n) is 3.68. The van der Waals surface area contributed by atoms with E-state index in [4.69, 9.17) is 16.9 Å². The summed E-state index contributed by atoms with van der Waals surface area (Å²) in [5.41, 5.74) is 5.37. The zero-order valence-electron chi connectivity index (χ0n) is 16.0. The van der Waals surface area contributed by atoms with Crippen LogP contribution in [0.15, 0.2) is 0 Å². The zero-order chi connectivity index (χ0) is 19.8. The molecule has 2 amide bonds. The molecular weight excluding hydrogens is 334 g/mol. The minimum absolute atomic E-state index is 0.0617. The topological polar surface area (TPSA) is 111 Å². The number of Topliss-reactive ketones (excluding diaryl/α,β-unsaturated/α-hetero) is 1. The third kappa shape index (κ3) is 14.4. The van der Waals surface area contributed by atoms with Crippen molar-refractivity contribution in [2.75, 3.05) is 19.8 Å². The normalized spacial score (nSPS) is 11.8. The molecule has 0 spiro atoms. The number of amides is 2. The highest BCUT2D eigenvalue weighted by Gasteiger charge is 2.15. The molecule has 1 unspecified atom stereocenters. The first kappa shape index (κ1) is 24.1. The number of unbranched alkanes of at least 4 members (excludes halogenated alkanes) is 2. The molecule has 0 aliphatic heterocycles. The van der Waals surface area contributed by atoms with Crippen molar-refractivity contribution in [1.29, 1.82) is 0 Å². The summed E-state index contributed by atoms with van der Waals surface area (Å²) in [5, 5.41) is 5.76. The summed E-state index contributed by atoms with van der Waals surface area (Å²) < 4.78 is 5.31. The number of carbonyl (C=O) groups excluding carboxylic acids is 3. The van der Waals surface area contributed by atoms with E-state index in [2.05, 4.69) is 16.6 Å². The fourth-order valence-corrected chi connectivity index (χ4v) is 2.39. The average Bonchev–Trinajstić information content (AvgIpc) is 2.56. The summed E-state index contributed by atoms with van der Waals surface area (Å²) in [6.07, 6.45) is 9.20. The van der Waals surface area contributed by atoms with Crippen LogP contribution in [0.3, 0.4) is 0 Å². The predicted octanol–water partition coefficient (Wildman–Crippen LogP) is 0.904. The van der Waals surface area contributed by atoms with Crippen LogP contribution in [0, 0.1) is 12.3 Å². The number of terminal acetylenes is 1. The summed E-state index contributed by atoms with van der Waals surface area (Å²) >= 11 is 0. The molecule has 0 heterocycles. The Balaban J connectivity index is 3.58. The number of nitrogens with one attached hydrogen (secondary N) is 2. The van der Waals surface area contributed by atoms with E-state index >= 15 is 0 Å². The molecule has 0 aromatic carbocycles. The van der Waals surface area contributed by atoms with Crippen molar-refractivity contribution in [2.24, 2.45) is 5.73 Å². The van der Waals surface area contributed by atoms with Crippen molar-refractivity contribution in [1.82, 2.24) is 10.6 Å². The number of primary amides is 1. The molecule has 0 aromatic heterocycles. The van der Waals surface area contributed by atoms with Gasteiger partial charge in [-0.05, 0) is 12.8 Å². The van der Waals surface area contributed by atoms with Crippen molar-refractivity contribution in [3.63, 3.8) is 0 Å². The minimum Gasteiger partial charge on any atom is -0.379 e. The van der Waals surface area contributed by atoms with E-state index in [1.165, 1.54) is 0 Å². The van der Waals surface area contributed by atoms with Crippen molar-refractivity contribution in [2.45, 2.75) is 70.9 Å². The Hall–Kier alpha value is -1.91. The fraction of sp³-hybridized carbons (Fsp3) is 0.737. The molecule has 1 atom stereocenters. The average molecular weight is 367 g/mol. The lowest BCUT2D eigenvalue weighted by Crippen LogP contribution is -2.44. The van der Waals surface area contributed by atoms with Gasteiger partial charge >= 0.3 is 0 Å². The lowest BCUT2D eigenvalue weighted by molar-refractivity contribution is -0.121. The van der Waals surface area contributed by atoms with Crippen LogP contribution in [0.4, 0.5) is 0 Å². The van der Waals surface area contributed by atoms with Gasteiger partial charge < -0.3 is 21.1 Å². The van der Waals surface area contributed by atoms with E-state index in [0.717, 1.165) is 19.3 Å². The molecule has 148 valence electrons. The number of hydrogen-bond acceptors (Lipinski definition) is 5. The highest BCUT2D eigenvalue weighted by molar-refractivity contribution is 5.80. The maximum absolute atomic E-state index is 11.8. The molecule has 26 heavy (non-hydrogen) atoms. The first-order valence-corrected chi connectivity index (χ1v) is 9.21. The molecule has 0 fully saturated rings. The summed E-state index contributed by atoms with van der Waals surface area (Å²) in [6.45, 7) is 5.05. The maximum atomic E-state index is 11.8. The molecule has 0 aromatic rings. The van der Waals surface area contributed by atoms with E-state index in [9.17, 15) is 14.4 Å². The van der Waals surface area contributed by atoms with E-state index in [-0.39, 0.29) is 36.1 Å². The van der Waals surface area contributed by atoms with E-state index < -0.39 is 0 Å². The molecule has 7 heteroatoms. The number of nitrogens with two attached hydrogens (primary N) is 1. The van der Waals surface area contributed by atoms with Crippen LogP contribution in [-0.2, 0) is 19.1 Å². The van der Waals surface area contributed by atoms with Gasteiger partial charge in [0.2, 0.25) is 11.8 Å². The number of ketones is 1. The zero-order valence-corrected chi connectivity index (χ0v) is 16.0. The van der Waals surface area contributed by atoms with Gasteiger partial charge in [-0.15, -0.1) is 6.42 Å². The Kier molecular flexibility index (Phi) is 14.2. The van der Waals surface area contributed by atoms with Gasteiger partial charge in [0.25, 0.3) is 0 Å². The van der Waals surface area contributed by atoms with Gasteiger partial charge in [0.05, 0.1) is 25.7 Å². The summed E-state index contributed by atoms with van der Waals surface area (Å²) in [5.74, 6) is 1.89. The summed E-state index contributed by atoms with van der Waals surface area (Å²) in [4.78, 5) is 34.2. The smallest absolute Gasteiger partial charge is 0.234 e. The van der Waals surface area contributed by atoms with Crippen LogP contribution in [0.5, 0.6) is 0 Å². The summed E-state index contributed by atoms with van der Waals surface area (Å²) in [7, 11) is 0. The molecule has 0 saturated heterocycles. The van der Waals surface area contributed by atoms with Crippen LogP contribution in [0.25, 0.3) is 0 Å². The molecule has 0 saturated carbocycles. The molecule has 0 bridgehead atoms. The van der Waals surface area contributed by atoms with Crippen molar-refractivity contribution < 1.29 is 19.1 Å². The van der Waals surface area contributed by atoms with Gasteiger partial charge in [0, 0.05) is 25.4 Å². The maximum Gasteiger partial charge on any atom is 0.234 e. The quantitative estimate of drug-likeness (QED) is 0.277. The number of rotatable bonds is 16. The van der Waals surface area contributed by atoms with Gasteiger partial charge in [-0.3, -0.25) is 14.4 Å². The second-order valence-electron chi connectivity index (χ2n) is 6.51. The van der Waals surface area contributed by atoms with Crippen LogP contribution in [0.2, 0.25) is 0 Å². The first-order valence-electron chi connectivity index (χ1n) is 9.21. The van der Waals surface area contributed by atoms with Crippen LogP contribution < -0.4 is 16.4 Å². The Morgan fingerprint density at radius 2 is 1.85 bits per heavy atom. The molecule has 0 aliphatic rings. The molecule has 0 aliphatic carbocycles. The van der Waals surface area contributed by atoms with Gasteiger partial charge in [0.1, 0.15) is 5.78 Å². The number of carbonyl (C=O) groups is 3. The first-order chi connectivity index (χ1) is 12.4. The third-order valence-corrected chi connectivity index (χ3v) is 3.68. The van der Waals surface area contributed by atoms with Crippen LogP contribution in [0.1, 0.15) is 58.8 Å². The largest absolute Gasteiger partial charge is 0.379 e. The lowest BCUT2D eigenvalue weighted by Gasteiger charge is -2.17. The van der Waals surface area contributed by atoms with Crippen molar-refractivity contribution in [3.8, 4) is 12.3 Å². The standard InChI is InChI=1S/C19H33N3O4/c1-4-8-18(24)21-12-14-26-13-11-16(23)9-6-5-7-10-17(19(20)25)22-15(2)3/h1,15,17,22H,5-14H2,2-3H3,(H2,20,25)(H,21,24). The SMILES string of the molecule is C#CCC(=O)NCCOCCC(=O)CCCCCC(NC(C)C)C(N)=O. The lowest BCUT2D eigenvalue weighted by atomic mass is 10.0. The minimum atomic E-state index is -0.331. The van der Waals surface area contributed by atoms with E-state index in [1.54, 1.807) is 0 Å². The molecule has 7 nitrogen and oxygen atoms in total. The predicted molar refractivity (Wildman–Crippen MR) is 101 cm³/mol. The van der Waals surface area contributed by atoms with Crippen molar-refractivity contribution >= 4 is 17.6 Å². The van der Waals surface area contributed by atoms with Gasteiger partial charge in [-0.1, -0.05) is 32.6 Å². The highest BCUT2D eigenvalue weighted by Crippen LogP contribution is 2.08. The van der Waals surface area contributed by atoms with Gasteiger partial charge in [-0.25, -0.2) is 0 Å². The molecular formula is C19H33N3O4. The van der Waals surface area contributed by atoms with Gasteiger partial charge in [-0.2, -0.15) is 0 Å². The van der Waals surface area contributed by atoms with Crippen LogP contribution in [-0.4, -0.2) is 49.4 Å². The number of hydrogen-bond donors (Lipinski definition) is 3. The van der Waals surface area contributed by atoms with E-state index in [1.807, 2.05) is 13.8 Å². The highest BCUT2D eigenvalue weighted by atomic mass is 16.5. The Labute approximate surface area is 156 Å². The Bertz CT molecular complexity index is 472. The Morgan fingerprint density at radius 3 is 2.46 bits per heavy atom. The van der Waals surface area contributed by atoms with Crippen LogP contribution >= 0.6 is 0 Å². The summed E-state index contributed by atoms with van der Waals surface area (Å²) in [6, 6.07) is -0.0973.